The van der Waals surface area contributed by atoms with Crippen molar-refractivity contribution in [2.45, 2.75) is 19.5 Å². The highest BCUT2D eigenvalue weighted by atomic mass is 32.1. The zero-order valence-electron chi connectivity index (χ0n) is 18.6. The van der Waals surface area contributed by atoms with E-state index in [1.807, 2.05) is 43.3 Å². The molecule has 0 bridgehead atoms. The first kappa shape index (κ1) is 24.2. The first-order valence-electron chi connectivity index (χ1n) is 10.7. The van der Waals surface area contributed by atoms with Crippen LogP contribution in [0.4, 0.5) is 24.0 Å². The average Bonchev–Trinajstić information content (AvgIpc) is 3.26. The molecule has 1 amide bonds. The number of carbonyl (C=O) groups is 1. The van der Waals surface area contributed by atoms with Gasteiger partial charge in [-0.05, 0) is 42.0 Å². The fraction of sp³-hybridized carbons (Fsp3) is 0.160. The third-order valence-corrected chi connectivity index (χ3v) is 5.75. The summed E-state index contributed by atoms with van der Waals surface area (Å²) in [7, 11) is 0. The summed E-state index contributed by atoms with van der Waals surface area (Å²) >= 11 is 1.19. The average molecular weight is 499 g/mol. The Balaban J connectivity index is 1.40. The lowest BCUT2D eigenvalue weighted by Gasteiger charge is -2.10. The minimum atomic E-state index is -4.43. The number of amides is 1. The molecule has 2 N–H and O–H groups in total. The Hall–Kier alpha value is -3.92. The molecule has 0 saturated heterocycles. The quantitative estimate of drug-likeness (QED) is 0.226. The van der Waals surface area contributed by atoms with Crippen LogP contribution in [0.3, 0.4) is 0 Å². The van der Waals surface area contributed by atoms with Gasteiger partial charge in [0.05, 0.1) is 30.5 Å². The maximum absolute atomic E-state index is 12.9. The van der Waals surface area contributed by atoms with E-state index in [1.54, 1.807) is 11.6 Å². The summed E-state index contributed by atoms with van der Waals surface area (Å²) in [6.07, 6.45) is -2.92. The molecule has 0 atom stereocenters. The highest BCUT2D eigenvalue weighted by Gasteiger charge is 2.30. The van der Waals surface area contributed by atoms with Gasteiger partial charge >= 0.3 is 6.18 Å². The van der Waals surface area contributed by atoms with Gasteiger partial charge in [-0.3, -0.25) is 4.79 Å². The molecule has 0 saturated carbocycles. The minimum Gasteiger partial charge on any atom is -0.493 e. The van der Waals surface area contributed by atoms with Crippen molar-refractivity contribution in [3.8, 4) is 5.75 Å². The van der Waals surface area contributed by atoms with Crippen LogP contribution in [0.2, 0.25) is 0 Å². The van der Waals surface area contributed by atoms with Crippen LogP contribution in [0.25, 0.3) is 10.8 Å². The van der Waals surface area contributed by atoms with Crippen molar-refractivity contribution in [1.82, 2.24) is 10.4 Å². The second-order valence-corrected chi connectivity index (χ2v) is 8.31. The minimum absolute atomic E-state index is 0.0357. The summed E-state index contributed by atoms with van der Waals surface area (Å²) in [4.78, 5) is 16.6. The Labute approximate surface area is 203 Å². The van der Waals surface area contributed by atoms with E-state index in [9.17, 15) is 18.0 Å². The van der Waals surface area contributed by atoms with Gasteiger partial charge in [0.2, 0.25) is 5.91 Å². The van der Waals surface area contributed by atoms with Crippen molar-refractivity contribution < 1.29 is 22.7 Å². The number of anilines is 2. The lowest BCUT2D eigenvalue weighted by molar-refractivity contribution is -0.137. The smallest absolute Gasteiger partial charge is 0.416 e. The molecule has 0 aliphatic heterocycles. The number of hydrogen-bond donors (Lipinski definition) is 2. The van der Waals surface area contributed by atoms with E-state index in [0.29, 0.717) is 23.2 Å². The number of hydrazone groups is 1. The first-order valence-corrected chi connectivity index (χ1v) is 11.6. The third kappa shape index (κ3) is 6.15. The molecule has 4 rings (SSSR count). The van der Waals surface area contributed by atoms with Crippen molar-refractivity contribution in [1.29, 1.82) is 0 Å². The maximum atomic E-state index is 12.9. The summed E-state index contributed by atoms with van der Waals surface area (Å²) in [5.41, 5.74) is 3.22. The number of thiazole rings is 1. The number of hydrogen-bond acceptors (Lipinski definition) is 6. The molecular formula is C25H21F3N4O2S. The number of nitrogens with zero attached hydrogens (tertiary/aromatic N) is 2. The topological polar surface area (TPSA) is 75.6 Å². The molecule has 1 heterocycles. The van der Waals surface area contributed by atoms with Gasteiger partial charge in [0.15, 0.2) is 5.13 Å². The molecule has 1 aromatic heterocycles. The zero-order chi connectivity index (χ0) is 24.8. The van der Waals surface area contributed by atoms with Gasteiger partial charge in [0.25, 0.3) is 0 Å². The van der Waals surface area contributed by atoms with E-state index in [0.717, 1.165) is 28.5 Å². The van der Waals surface area contributed by atoms with E-state index in [2.05, 4.69) is 20.8 Å². The number of nitrogens with one attached hydrogen (secondary N) is 2. The molecule has 10 heteroatoms. The standard InChI is InChI=1S/C25H21F3N4O2S/c1-2-34-22-11-10-16-6-3-4-9-20(16)21(22)14-29-32-23(33)13-19-15-35-24(31-19)30-18-8-5-7-17(12-18)25(26,27)28/h3-12,14-15H,2,13H2,1H3,(H,30,31)(H,32,33)/b29-14-. The Morgan fingerprint density at radius 3 is 2.77 bits per heavy atom. The number of fused-ring (bicyclic) bond motifs is 1. The Kier molecular flexibility index (Phi) is 7.31. The highest BCUT2D eigenvalue weighted by molar-refractivity contribution is 7.13. The number of aromatic nitrogens is 1. The summed E-state index contributed by atoms with van der Waals surface area (Å²) in [5.74, 6) is 0.282. The van der Waals surface area contributed by atoms with Crippen LogP contribution in [0.1, 0.15) is 23.7 Å². The van der Waals surface area contributed by atoms with Gasteiger partial charge in [0, 0.05) is 16.6 Å². The molecule has 6 nitrogen and oxygen atoms in total. The molecule has 0 aliphatic rings. The SMILES string of the molecule is CCOc1ccc2ccccc2c1/C=N\NC(=O)Cc1csc(Nc2cccc(C(F)(F)F)c2)n1. The molecule has 180 valence electrons. The van der Waals surface area contributed by atoms with Crippen molar-refractivity contribution in [3.63, 3.8) is 0 Å². The monoisotopic (exact) mass is 498 g/mol. The molecule has 0 aliphatic carbocycles. The van der Waals surface area contributed by atoms with Crippen LogP contribution in [0, 0.1) is 0 Å². The molecular weight excluding hydrogens is 477 g/mol. The molecule has 0 fully saturated rings. The Bertz CT molecular complexity index is 1370. The maximum Gasteiger partial charge on any atom is 0.416 e. The van der Waals surface area contributed by atoms with E-state index in [-0.39, 0.29) is 18.0 Å². The lowest BCUT2D eigenvalue weighted by Crippen LogP contribution is -2.20. The van der Waals surface area contributed by atoms with E-state index in [4.69, 9.17) is 4.74 Å². The summed E-state index contributed by atoms with van der Waals surface area (Å²) in [6.45, 7) is 2.38. The second kappa shape index (κ2) is 10.6. The van der Waals surface area contributed by atoms with Gasteiger partial charge < -0.3 is 10.1 Å². The number of alkyl halides is 3. The number of rotatable bonds is 8. The van der Waals surface area contributed by atoms with Crippen molar-refractivity contribution >= 4 is 45.0 Å². The summed E-state index contributed by atoms with van der Waals surface area (Å²) in [5, 5.41) is 10.9. The second-order valence-electron chi connectivity index (χ2n) is 7.45. The zero-order valence-corrected chi connectivity index (χ0v) is 19.4. The van der Waals surface area contributed by atoms with Gasteiger partial charge in [-0.1, -0.05) is 36.4 Å². The van der Waals surface area contributed by atoms with Gasteiger partial charge in [-0.25, -0.2) is 10.4 Å². The molecule has 0 radical (unpaired) electrons. The lowest BCUT2D eigenvalue weighted by atomic mass is 10.0. The summed E-state index contributed by atoms with van der Waals surface area (Å²) in [6, 6.07) is 16.5. The molecule has 3 aromatic carbocycles. The van der Waals surface area contributed by atoms with Crippen LogP contribution in [-0.4, -0.2) is 23.7 Å². The van der Waals surface area contributed by atoms with Crippen LogP contribution in [0.15, 0.2) is 71.1 Å². The Morgan fingerprint density at radius 1 is 1.14 bits per heavy atom. The fourth-order valence-corrected chi connectivity index (χ4v) is 4.14. The van der Waals surface area contributed by atoms with E-state index in [1.165, 1.54) is 23.5 Å². The van der Waals surface area contributed by atoms with E-state index >= 15 is 0 Å². The van der Waals surface area contributed by atoms with Crippen LogP contribution in [0.5, 0.6) is 5.75 Å². The van der Waals surface area contributed by atoms with E-state index < -0.39 is 11.7 Å². The predicted octanol–water partition coefficient (Wildman–Crippen LogP) is 6.15. The van der Waals surface area contributed by atoms with Crippen LogP contribution < -0.4 is 15.5 Å². The number of benzene rings is 3. The van der Waals surface area contributed by atoms with Gasteiger partial charge in [0.1, 0.15) is 5.75 Å². The van der Waals surface area contributed by atoms with Crippen molar-refractivity contribution in [2.24, 2.45) is 5.10 Å². The third-order valence-electron chi connectivity index (χ3n) is 4.95. The largest absolute Gasteiger partial charge is 0.493 e. The molecule has 0 spiro atoms. The van der Waals surface area contributed by atoms with Gasteiger partial charge in [-0.2, -0.15) is 18.3 Å². The molecule has 4 aromatic rings. The molecule has 0 unspecified atom stereocenters. The van der Waals surface area contributed by atoms with Crippen LogP contribution in [-0.2, 0) is 17.4 Å². The number of halogens is 3. The normalized spacial score (nSPS) is 11.7. The first-order chi connectivity index (χ1) is 16.8. The highest BCUT2D eigenvalue weighted by Crippen LogP contribution is 2.32. The van der Waals surface area contributed by atoms with Crippen molar-refractivity contribution in [3.05, 3.63) is 82.9 Å². The fourth-order valence-electron chi connectivity index (χ4n) is 3.41. The number of ether oxygens (including phenoxy) is 1. The molecule has 35 heavy (non-hydrogen) atoms. The number of carbonyl (C=O) groups excluding carboxylic acids is 1. The predicted molar refractivity (Wildman–Crippen MR) is 131 cm³/mol. The van der Waals surface area contributed by atoms with Gasteiger partial charge in [-0.15, -0.1) is 11.3 Å². The van der Waals surface area contributed by atoms with Crippen LogP contribution >= 0.6 is 11.3 Å². The van der Waals surface area contributed by atoms with Crippen molar-refractivity contribution in [2.75, 3.05) is 11.9 Å². The summed E-state index contributed by atoms with van der Waals surface area (Å²) < 4.78 is 44.4. The Morgan fingerprint density at radius 2 is 1.97 bits per heavy atom.